The lowest BCUT2D eigenvalue weighted by molar-refractivity contribution is 0.475. The third-order valence-electron chi connectivity index (χ3n) is 3.49. The van der Waals surface area contributed by atoms with Crippen molar-refractivity contribution < 1.29 is 0 Å². The minimum atomic E-state index is 0.479. The highest BCUT2D eigenvalue weighted by Gasteiger charge is 2.12. The summed E-state index contributed by atoms with van der Waals surface area (Å²) in [6, 6.07) is 4.90. The average molecular weight is 231 g/mol. The van der Waals surface area contributed by atoms with E-state index < -0.39 is 0 Å². The van der Waals surface area contributed by atoms with Gasteiger partial charge in [0.2, 0.25) is 0 Å². The van der Waals surface area contributed by atoms with Crippen LogP contribution in [0.5, 0.6) is 0 Å². The van der Waals surface area contributed by atoms with Crippen LogP contribution >= 0.6 is 0 Å². The van der Waals surface area contributed by atoms with Gasteiger partial charge >= 0.3 is 0 Å². The fourth-order valence-corrected chi connectivity index (χ4v) is 2.25. The monoisotopic (exact) mass is 231 g/mol. The summed E-state index contributed by atoms with van der Waals surface area (Å²) in [6.07, 6.45) is 3.08. The van der Waals surface area contributed by atoms with E-state index in [1.54, 1.807) is 0 Å². The molecule has 0 aliphatic rings. The zero-order valence-electron chi connectivity index (χ0n) is 11.1. The average Bonchev–Trinajstić information content (AvgIpc) is 2.70. The quantitative estimate of drug-likeness (QED) is 0.877. The molecule has 1 atom stereocenters. The van der Waals surface area contributed by atoms with Crippen molar-refractivity contribution in [3.8, 4) is 0 Å². The normalized spacial score (nSPS) is 13.2. The third-order valence-corrected chi connectivity index (χ3v) is 3.49. The van der Waals surface area contributed by atoms with Crippen LogP contribution in [0.25, 0.3) is 11.0 Å². The smallest absolute Gasteiger partial charge is 0.0961 e. The summed E-state index contributed by atoms with van der Waals surface area (Å²) in [4.78, 5) is 4.51. The number of hydrogen-bond donors (Lipinski definition) is 1. The SMILES string of the molecule is CCC(CNC)n1cnc2cc(C)c(C)cc21. The van der Waals surface area contributed by atoms with E-state index in [-0.39, 0.29) is 0 Å². The second-order valence-electron chi connectivity index (χ2n) is 4.70. The summed E-state index contributed by atoms with van der Waals surface area (Å²) in [6.45, 7) is 7.49. The van der Waals surface area contributed by atoms with Gasteiger partial charge in [-0.15, -0.1) is 0 Å². The van der Waals surface area contributed by atoms with Gasteiger partial charge in [0.1, 0.15) is 0 Å². The first-order chi connectivity index (χ1) is 8.17. The predicted octanol–water partition coefficient (Wildman–Crippen LogP) is 2.82. The molecule has 0 amide bonds. The molecule has 1 aromatic heterocycles. The van der Waals surface area contributed by atoms with Crippen LogP contribution in [0.15, 0.2) is 18.5 Å². The Morgan fingerprint density at radius 2 is 2.00 bits per heavy atom. The molecule has 1 aromatic carbocycles. The van der Waals surface area contributed by atoms with Crippen molar-refractivity contribution in [1.82, 2.24) is 14.9 Å². The van der Waals surface area contributed by atoms with E-state index >= 15 is 0 Å². The van der Waals surface area contributed by atoms with Gasteiger partial charge in [-0.3, -0.25) is 0 Å². The van der Waals surface area contributed by atoms with Crippen molar-refractivity contribution >= 4 is 11.0 Å². The van der Waals surface area contributed by atoms with E-state index in [2.05, 4.69) is 47.8 Å². The van der Waals surface area contributed by atoms with E-state index in [4.69, 9.17) is 0 Å². The number of hydrogen-bond acceptors (Lipinski definition) is 2. The number of aryl methyl sites for hydroxylation is 2. The Kier molecular flexibility index (Phi) is 3.48. The number of likely N-dealkylation sites (N-methyl/N-ethyl adjacent to an activating group) is 1. The molecule has 17 heavy (non-hydrogen) atoms. The first-order valence-electron chi connectivity index (χ1n) is 6.25. The standard InChI is InChI=1S/C14H21N3/c1-5-12(8-15-4)17-9-16-13-6-10(2)11(3)7-14(13)17/h6-7,9,12,15H,5,8H2,1-4H3. The second-order valence-corrected chi connectivity index (χ2v) is 4.70. The van der Waals surface area contributed by atoms with Gasteiger partial charge in [0, 0.05) is 12.6 Å². The van der Waals surface area contributed by atoms with Crippen LogP contribution in [0.1, 0.15) is 30.5 Å². The van der Waals surface area contributed by atoms with E-state index in [9.17, 15) is 0 Å². The molecule has 1 unspecified atom stereocenters. The fourth-order valence-electron chi connectivity index (χ4n) is 2.25. The van der Waals surface area contributed by atoms with Crippen LogP contribution < -0.4 is 5.32 Å². The highest BCUT2D eigenvalue weighted by atomic mass is 15.1. The van der Waals surface area contributed by atoms with Gasteiger partial charge in [-0.1, -0.05) is 6.92 Å². The van der Waals surface area contributed by atoms with E-state index in [1.165, 1.54) is 16.6 Å². The summed E-state index contributed by atoms with van der Waals surface area (Å²) in [5, 5.41) is 3.25. The number of imidazole rings is 1. The number of benzene rings is 1. The maximum Gasteiger partial charge on any atom is 0.0961 e. The van der Waals surface area contributed by atoms with Crippen LogP contribution in [0.4, 0.5) is 0 Å². The Balaban J connectivity index is 2.51. The molecule has 92 valence electrons. The topological polar surface area (TPSA) is 29.9 Å². The molecule has 0 bridgehead atoms. The van der Waals surface area contributed by atoms with Gasteiger partial charge < -0.3 is 9.88 Å². The lowest BCUT2D eigenvalue weighted by Crippen LogP contribution is -2.21. The van der Waals surface area contributed by atoms with Crippen molar-refractivity contribution in [2.75, 3.05) is 13.6 Å². The molecule has 1 N–H and O–H groups in total. The third kappa shape index (κ3) is 2.20. The van der Waals surface area contributed by atoms with Crippen LogP contribution in [-0.4, -0.2) is 23.1 Å². The van der Waals surface area contributed by atoms with Crippen molar-refractivity contribution in [3.05, 3.63) is 29.6 Å². The van der Waals surface area contributed by atoms with Crippen molar-refractivity contribution in [3.63, 3.8) is 0 Å². The summed E-state index contributed by atoms with van der Waals surface area (Å²) in [5.41, 5.74) is 4.99. The number of nitrogens with zero attached hydrogens (tertiary/aromatic N) is 2. The molecule has 0 fully saturated rings. The lowest BCUT2D eigenvalue weighted by Gasteiger charge is -2.17. The Morgan fingerprint density at radius 1 is 1.29 bits per heavy atom. The van der Waals surface area contributed by atoms with Crippen LogP contribution in [0.3, 0.4) is 0 Å². The van der Waals surface area contributed by atoms with Gasteiger partial charge in [0.25, 0.3) is 0 Å². The van der Waals surface area contributed by atoms with Gasteiger partial charge in [-0.05, 0) is 50.6 Å². The second kappa shape index (κ2) is 4.88. The molecule has 0 radical (unpaired) electrons. The molecular formula is C14H21N3. The van der Waals surface area contributed by atoms with Crippen molar-refractivity contribution in [2.45, 2.75) is 33.2 Å². The maximum atomic E-state index is 4.51. The molecule has 2 aromatic rings. The van der Waals surface area contributed by atoms with Crippen LogP contribution in [-0.2, 0) is 0 Å². The molecule has 2 rings (SSSR count). The molecule has 0 saturated heterocycles. The van der Waals surface area contributed by atoms with Gasteiger partial charge in [0.05, 0.1) is 17.4 Å². The Morgan fingerprint density at radius 3 is 2.65 bits per heavy atom. The Hall–Kier alpha value is -1.35. The van der Waals surface area contributed by atoms with E-state index in [0.717, 1.165) is 18.5 Å². The molecule has 0 aliphatic carbocycles. The van der Waals surface area contributed by atoms with Crippen molar-refractivity contribution in [2.24, 2.45) is 0 Å². The Bertz CT molecular complexity index is 513. The van der Waals surface area contributed by atoms with Gasteiger partial charge in [-0.2, -0.15) is 0 Å². The molecule has 3 nitrogen and oxygen atoms in total. The van der Waals surface area contributed by atoms with Crippen molar-refractivity contribution in [1.29, 1.82) is 0 Å². The van der Waals surface area contributed by atoms with E-state index in [1.807, 2.05) is 13.4 Å². The first kappa shape index (κ1) is 12.1. The first-order valence-corrected chi connectivity index (χ1v) is 6.25. The zero-order valence-corrected chi connectivity index (χ0v) is 11.1. The fraction of sp³-hybridized carbons (Fsp3) is 0.500. The highest BCUT2D eigenvalue weighted by Crippen LogP contribution is 2.22. The molecule has 0 saturated carbocycles. The summed E-state index contributed by atoms with van der Waals surface area (Å²) >= 11 is 0. The number of nitrogens with one attached hydrogen (secondary N) is 1. The molecule has 3 heteroatoms. The summed E-state index contributed by atoms with van der Waals surface area (Å²) in [7, 11) is 2.00. The van der Waals surface area contributed by atoms with Gasteiger partial charge in [0.15, 0.2) is 0 Å². The molecular weight excluding hydrogens is 210 g/mol. The van der Waals surface area contributed by atoms with Gasteiger partial charge in [-0.25, -0.2) is 4.98 Å². The van der Waals surface area contributed by atoms with E-state index in [0.29, 0.717) is 6.04 Å². The molecule has 1 heterocycles. The maximum absolute atomic E-state index is 4.51. The minimum Gasteiger partial charge on any atom is -0.326 e. The summed E-state index contributed by atoms with van der Waals surface area (Å²) < 4.78 is 2.29. The predicted molar refractivity (Wildman–Crippen MR) is 72.5 cm³/mol. The van der Waals surface area contributed by atoms with Crippen LogP contribution in [0.2, 0.25) is 0 Å². The van der Waals surface area contributed by atoms with Crippen LogP contribution in [0, 0.1) is 13.8 Å². The molecule has 0 aliphatic heterocycles. The lowest BCUT2D eigenvalue weighted by atomic mass is 10.1. The highest BCUT2D eigenvalue weighted by molar-refractivity contribution is 5.77. The number of fused-ring (bicyclic) bond motifs is 1. The largest absolute Gasteiger partial charge is 0.326 e. The summed E-state index contributed by atoms with van der Waals surface area (Å²) in [5.74, 6) is 0. The number of aromatic nitrogens is 2. The zero-order chi connectivity index (χ0) is 12.4. The number of rotatable bonds is 4. The minimum absolute atomic E-state index is 0.479. The molecule has 0 spiro atoms. The Labute approximate surface area is 103 Å².